The molecule has 1 aromatic rings. The fraction of sp³-hybridized carbons (Fsp3) is 0.833. The first-order valence-electron chi connectivity index (χ1n) is 8.89. The molecule has 0 aromatic carbocycles. The van der Waals surface area contributed by atoms with Crippen LogP contribution in [0.4, 0.5) is 4.39 Å². The molecule has 0 amide bonds. The fourth-order valence-electron chi connectivity index (χ4n) is 2.91. The molecule has 0 aliphatic rings. The van der Waals surface area contributed by atoms with Crippen molar-refractivity contribution in [1.82, 2.24) is 5.16 Å². The molecular weight excluding hydrogens is 265 g/mol. The molecular formula is C18H32FNO. The molecule has 0 aliphatic carbocycles. The van der Waals surface area contributed by atoms with Gasteiger partial charge in [0.05, 0.1) is 0 Å². The molecule has 0 fully saturated rings. The summed E-state index contributed by atoms with van der Waals surface area (Å²) in [5, 5.41) is 3.90. The Bertz CT molecular complexity index is 337. The maximum atomic E-state index is 13.7. The molecule has 1 heterocycles. The van der Waals surface area contributed by atoms with E-state index in [1.54, 1.807) is 0 Å². The molecule has 1 aromatic heterocycles. The Hall–Kier alpha value is -0.860. The van der Waals surface area contributed by atoms with Crippen LogP contribution in [-0.4, -0.2) is 5.16 Å². The monoisotopic (exact) mass is 297 g/mol. The molecule has 0 bridgehead atoms. The van der Waals surface area contributed by atoms with Crippen molar-refractivity contribution in [3.63, 3.8) is 0 Å². The molecule has 0 unspecified atom stereocenters. The van der Waals surface area contributed by atoms with Gasteiger partial charge in [-0.25, -0.2) is 4.39 Å². The van der Waals surface area contributed by atoms with E-state index in [4.69, 9.17) is 4.52 Å². The van der Waals surface area contributed by atoms with Gasteiger partial charge in [0.15, 0.2) is 12.1 Å². The average Bonchev–Trinajstić information content (AvgIpc) is 2.91. The number of nitrogens with zero attached hydrogens (tertiary/aromatic N) is 1. The van der Waals surface area contributed by atoms with Crippen LogP contribution in [0.3, 0.4) is 0 Å². The Balaban J connectivity index is 2.34. The quantitative estimate of drug-likeness (QED) is 0.382. The van der Waals surface area contributed by atoms with E-state index in [9.17, 15) is 4.39 Å². The van der Waals surface area contributed by atoms with Gasteiger partial charge in [0, 0.05) is 5.92 Å². The number of hydrogen-bond donors (Lipinski definition) is 0. The van der Waals surface area contributed by atoms with Crippen molar-refractivity contribution in [3.8, 4) is 0 Å². The Kier molecular flexibility index (Phi) is 10.2. The zero-order valence-electron chi connectivity index (χ0n) is 13.9. The smallest absolute Gasteiger partial charge is 0.186 e. The van der Waals surface area contributed by atoms with Crippen molar-refractivity contribution in [2.45, 2.75) is 96.8 Å². The third kappa shape index (κ3) is 7.63. The van der Waals surface area contributed by atoms with Gasteiger partial charge in [-0.2, -0.15) is 0 Å². The molecule has 122 valence electrons. The number of hydrogen-bond acceptors (Lipinski definition) is 2. The average molecular weight is 297 g/mol. The topological polar surface area (TPSA) is 26.0 Å². The van der Waals surface area contributed by atoms with Gasteiger partial charge >= 0.3 is 0 Å². The summed E-state index contributed by atoms with van der Waals surface area (Å²) in [6, 6.07) is 0. The van der Waals surface area contributed by atoms with E-state index in [1.165, 1.54) is 64.2 Å². The third-order valence-corrected chi connectivity index (χ3v) is 4.25. The van der Waals surface area contributed by atoms with E-state index in [2.05, 4.69) is 19.0 Å². The Labute approximate surface area is 129 Å². The van der Waals surface area contributed by atoms with E-state index in [0.29, 0.717) is 5.69 Å². The standard InChI is InChI=1S/C18H32FNO/c1-3-5-7-9-11-13-16(14-12-10-8-6-4-2)18-17(19)15-21-20-18/h15-16H,3-14H2,1-2H3. The second kappa shape index (κ2) is 11.8. The summed E-state index contributed by atoms with van der Waals surface area (Å²) in [5.74, 6) is -0.0193. The minimum Gasteiger partial charge on any atom is -0.361 e. The SMILES string of the molecule is CCCCCCCC(CCCCCCC)c1nocc1F. The van der Waals surface area contributed by atoms with E-state index < -0.39 is 0 Å². The highest BCUT2D eigenvalue weighted by atomic mass is 19.1. The summed E-state index contributed by atoms with van der Waals surface area (Å²) in [6.07, 6.45) is 15.8. The molecule has 0 saturated heterocycles. The summed E-state index contributed by atoms with van der Waals surface area (Å²) < 4.78 is 18.5. The first-order chi connectivity index (χ1) is 10.3. The molecule has 0 aliphatic heterocycles. The molecule has 0 radical (unpaired) electrons. The Morgan fingerprint density at radius 3 is 1.86 bits per heavy atom. The number of halogens is 1. The van der Waals surface area contributed by atoms with Gasteiger partial charge in [0.2, 0.25) is 0 Å². The minimum absolute atomic E-state index is 0.243. The maximum Gasteiger partial charge on any atom is 0.186 e. The van der Waals surface area contributed by atoms with Crippen molar-refractivity contribution >= 4 is 0 Å². The fourth-order valence-corrected chi connectivity index (χ4v) is 2.91. The zero-order chi connectivity index (χ0) is 15.3. The lowest BCUT2D eigenvalue weighted by atomic mass is 9.91. The number of rotatable bonds is 13. The van der Waals surface area contributed by atoms with Crippen LogP contribution >= 0.6 is 0 Å². The molecule has 0 N–H and O–H groups in total. The summed E-state index contributed by atoms with van der Waals surface area (Å²) >= 11 is 0. The molecule has 1 rings (SSSR count). The second-order valence-corrected chi connectivity index (χ2v) is 6.15. The highest BCUT2D eigenvalue weighted by molar-refractivity contribution is 5.06. The van der Waals surface area contributed by atoms with Gasteiger partial charge in [0.1, 0.15) is 5.69 Å². The molecule has 21 heavy (non-hydrogen) atoms. The van der Waals surface area contributed by atoms with Crippen LogP contribution in [0.15, 0.2) is 10.8 Å². The molecule has 2 nitrogen and oxygen atoms in total. The van der Waals surface area contributed by atoms with Gasteiger partial charge in [-0.15, -0.1) is 0 Å². The van der Waals surface area contributed by atoms with E-state index in [1.807, 2.05) is 0 Å². The molecule has 0 spiro atoms. The van der Waals surface area contributed by atoms with Crippen LogP contribution in [0.1, 0.15) is 103 Å². The van der Waals surface area contributed by atoms with Crippen LogP contribution in [0.2, 0.25) is 0 Å². The normalized spacial score (nSPS) is 11.4. The van der Waals surface area contributed by atoms with Crippen molar-refractivity contribution in [1.29, 1.82) is 0 Å². The van der Waals surface area contributed by atoms with E-state index in [0.717, 1.165) is 19.1 Å². The van der Waals surface area contributed by atoms with Gasteiger partial charge in [-0.3, -0.25) is 0 Å². The Morgan fingerprint density at radius 2 is 1.43 bits per heavy atom. The van der Waals surface area contributed by atoms with Crippen molar-refractivity contribution in [3.05, 3.63) is 17.8 Å². The van der Waals surface area contributed by atoms with Gasteiger partial charge < -0.3 is 4.52 Å². The summed E-state index contributed by atoms with van der Waals surface area (Å²) in [4.78, 5) is 0. The van der Waals surface area contributed by atoms with Crippen LogP contribution in [0.25, 0.3) is 0 Å². The first-order valence-corrected chi connectivity index (χ1v) is 8.89. The van der Waals surface area contributed by atoms with Crippen LogP contribution < -0.4 is 0 Å². The maximum absolute atomic E-state index is 13.7. The van der Waals surface area contributed by atoms with Crippen molar-refractivity contribution in [2.24, 2.45) is 0 Å². The predicted molar refractivity (Wildman–Crippen MR) is 86.0 cm³/mol. The minimum atomic E-state index is -0.262. The lowest BCUT2D eigenvalue weighted by Gasteiger charge is -2.14. The largest absolute Gasteiger partial charge is 0.361 e. The Morgan fingerprint density at radius 1 is 0.905 bits per heavy atom. The lowest BCUT2D eigenvalue weighted by Crippen LogP contribution is -2.02. The van der Waals surface area contributed by atoms with Gasteiger partial charge in [0.25, 0.3) is 0 Å². The lowest BCUT2D eigenvalue weighted by molar-refractivity contribution is 0.392. The highest BCUT2D eigenvalue weighted by Gasteiger charge is 2.19. The predicted octanol–water partition coefficient (Wildman–Crippen LogP) is 6.62. The molecule has 0 saturated carbocycles. The first kappa shape index (κ1) is 18.2. The summed E-state index contributed by atoms with van der Waals surface area (Å²) in [6.45, 7) is 4.45. The van der Waals surface area contributed by atoms with Gasteiger partial charge in [-0.1, -0.05) is 83.2 Å². The second-order valence-electron chi connectivity index (χ2n) is 6.15. The van der Waals surface area contributed by atoms with Crippen LogP contribution in [0.5, 0.6) is 0 Å². The van der Waals surface area contributed by atoms with Crippen molar-refractivity contribution in [2.75, 3.05) is 0 Å². The third-order valence-electron chi connectivity index (χ3n) is 4.25. The summed E-state index contributed by atoms with van der Waals surface area (Å²) in [5.41, 5.74) is 0.556. The van der Waals surface area contributed by atoms with E-state index in [-0.39, 0.29) is 11.7 Å². The number of unbranched alkanes of at least 4 members (excludes halogenated alkanes) is 8. The number of aromatic nitrogens is 1. The molecule has 3 heteroatoms. The highest BCUT2D eigenvalue weighted by Crippen LogP contribution is 2.29. The van der Waals surface area contributed by atoms with Crippen LogP contribution in [-0.2, 0) is 0 Å². The van der Waals surface area contributed by atoms with E-state index >= 15 is 0 Å². The zero-order valence-corrected chi connectivity index (χ0v) is 13.9. The molecule has 0 atom stereocenters. The summed E-state index contributed by atoms with van der Waals surface area (Å²) in [7, 11) is 0. The van der Waals surface area contributed by atoms with Crippen LogP contribution in [0, 0.1) is 5.82 Å². The van der Waals surface area contributed by atoms with Gasteiger partial charge in [-0.05, 0) is 12.8 Å². The van der Waals surface area contributed by atoms with Crippen molar-refractivity contribution < 1.29 is 8.91 Å².